The Morgan fingerprint density at radius 1 is 1.21 bits per heavy atom. The Morgan fingerprint density at radius 2 is 1.84 bits per heavy atom. The van der Waals surface area contributed by atoms with Crippen molar-refractivity contribution < 1.29 is 9.21 Å². The fourth-order valence-electron chi connectivity index (χ4n) is 1.88. The van der Waals surface area contributed by atoms with Crippen molar-refractivity contribution >= 4 is 21.8 Å². The fourth-order valence-corrected chi connectivity index (χ4v) is 2.29. The van der Waals surface area contributed by atoms with Gasteiger partial charge in [-0.15, -0.1) is 0 Å². The number of aryl methyl sites for hydroxylation is 1. The Kier molecular flexibility index (Phi) is 4.43. The van der Waals surface area contributed by atoms with Gasteiger partial charge in [0, 0.05) is 13.6 Å². The molecular weight excluding hydrogens is 306 g/mol. The van der Waals surface area contributed by atoms with Crippen molar-refractivity contribution in [2.24, 2.45) is 0 Å². The summed E-state index contributed by atoms with van der Waals surface area (Å²) in [5.41, 5.74) is 2.97. The molecule has 0 aliphatic heterocycles. The summed E-state index contributed by atoms with van der Waals surface area (Å²) in [4.78, 5) is 13.9. The summed E-state index contributed by atoms with van der Waals surface area (Å²) in [6, 6.07) is 9.99. The highest BCUT2D eigenvalue weighted by atomic mass is 79.9. The van der Waals surface area contributed by atoms with Crippen LogP contribution in [0.25, 0.3) is 0 Å². The Bertz CT molecular complexity index is 560. The van der Waals surface area contributed by atoms with Crippen LogP contribution in [0.2, 0.25) is 0 Å². The SMILES string of the molecule is CCc1ccc(CN(C)C(=O)c2ccoc2Br)cc1. The van der Waals surface area contributed by atoms with E-state index in [4.69, 9.17) is 4.42 Å². The monoisotopic (exact) mass is 321 g/mol. The van der Waals surface area contributed by atoms with Crippen LogP contribution in [0, 0.1) is 0 Å². The van der Waals surface area contributed by atoms with Crippen LogP contribution in [0.4, 0.5) is 0 Å². The van der Waals surface area contributed by atoms with Gasteiger partial charge in [0.25, 0.3) is 5.91 Å². The van der Waals surface area contributed by atoms with Crippen LogP contribution in [-0.4, -0.2) is 17.9 Å². The van der Waals surface area contributed by atoms with Crippen LogP contribution in [0.5, 0.6) is 0 Å². The van der Waals surface area contributed by atoms with Gasteiger partial charge in [-0.05, 0) is 39.5 Å². The molecule has 3 nitrogen and oxygen atoms in total. The zero-order chi connectivity index (χ0) is 13.8. The summed E-state index contributed by atoms with van der Waals surface area (Å²) in [5.74, 6) is -0.0554. The van der Waals surface area contributed by atoms with Crippen LogP contribution in [-0.2, 0) is 13.0 Å². The summed E-state index contributed by atoms with van der Waals surface area (Å²) in [6.45, 7) is 2.71. The molecule has 1 amide bonds. The first kappa shape index (κ1) is 13.9. The Balaban J connectivity index is 2.06. The molecule has 0 radical (unpaired) electrons. The predicted octanol–water partition coefficient (Wildman–Crippen LogP) is 3.88. The minimum Gasteiger partial charge on any atom is -0.457 e. The van der Waals surface area contributed by atoms with Gasteiger partial charge in [-0.3, -0.25) is 4.79 Å². The molecule has 1 aromatic heterocycles. The molecule has 100 valence electrons. The summed E-state index contributed by atoms with van der Waals surface area (Å²) in [5, 5.41) is 0. The molecule has 1 heterocycles. The number of hydrogen-bond acceptors (Lipinski definition) is 2. The zero-order valence-electron chi connectivity index (χ0n) is 11.0. The predicted molar refractivity (Wildman–Crippen MR) is 78.0 cm³/mol. The Labute approximate surface area is 121 Å². The standard InChI is InChI=1S/C15H16BrNO2/c1-3-11-4-6-12(7-5-11)10-17(2)15(18)13-8-9-19-14(13)16/h4-9H,3,10H2,1-2H3. The van der Waals surface area contributed by atoms with E-state index in [1.165, 1.54) is 11.8 Å². The highest BCUT2D eigenvalue weighted by Gasteiger charge is 2.17. The highest BCUT2D eigenvalue weighted by molar-refractivity contribution is 9.10. The number of benzene rings is 1. The molecule has 0 N–H and O–H groups in total. The van der Waals surface area contributed by atoms with Gasteiger partial charge in [-0.25, -0.2) is 0 Å². The first-order valence-electron chi connectivity index (χ1n) is 6.18. The minimum atomic E-state index is -0.0554. The van der Waals surface area contributed by atoms with Gasteiger partial charge < -0.3 is 9.32 Å². The number of nitrogens with zero attached hydrogens (tertiary/aromatic N) is 1. The second-order valence-electron chi connectivity index (χ2n) is 4.44. The maximum atomic E-state index is 12.2. The van der Waals surface area contributed by atoms with E-state index < -0.39 is 0 Å². The van der Waals surface area contributed by atoms with E-state index in [0.717, 1.165) is 12.0 Å². The zero-order valence-corrected chi connectivity index (χ0v) is 12.6. The molecule has 0 atom stereocenters. The fraction of sp³-hybridized carbons (Fsp3) is 0.267. The summed E-state index contributed by atoms with van der Waals surface area (Å²) in [7, 11) is 1.79. The van der Waals surface area contributed by atoms with Gasteiger partial charge in [0.2, 0.25) is 0 Å². The van der Waals surface area contributed by atoms with Gasteiger partial charge in [-0.2, -0.15) is 0 Å². The van der Waals surface area contributed by atoms with Gasteiger partial charge in [-0.1, -0.05) is 31.2 Å². The van der Waals surface area contributed by atoms with Crippen LogP contribution in [0.3, 0.4) is 0 Å². The molecule has 4 heteroatoms. The minimum absolute atomic E-state index is 0.0554. The smallest absolute Gasteiger partial charge is 0.258 e. The molecule has 2 rings (SSSR count). The largest absolute Gasteiger partial charge is 0.457 e. The van der Waals surface area contributed by atoms with E-state index in [1.807, 2.05) is 0 Å². The Hall–Kier alpha value is -1.55. The third-order valence-electron chi connectivity index (χ3n) is 3.05. The first-order chi connectivity index (χ1) is 9.11. The van der Waals surface area contributed by atoms with E-state index in [0.29, 0.717) is 16.8 Å². The van der Waals surface area contributed by atoms with Crippen molar-refractivity contribution in [3.8, 4) is 0 Å². The second kappa shape index (κ2) is 6.06. The molecule has 0 spiro atoms. The lowest BCUT2D eigenvalue weighted by Crippen LogP contribution is -2.26. The molecule has 0 aliphatic rings. The summed E-state index contributed by atoms with van der Waals surface area (Å²) in [6.07, 6.45) is 2.53. The van der Waals surface area contributed by atoms with E-state index in [2.05, 4.69) is 47.1 Å². The van der Waals surface area contributed by atoms with Crippen molar-refractivity contribution in [3.05, 3.63) is 58.0 Å². The van der Waals surface area contributed by atoms with E-state index in [9.17, 15) is 4.79 Å². The summed E-state index contributed by atoms with van der Waals surface area (Å²) >= 11 is 3.23. The number of amides is 1. The number of hydrogen-bond donors (Lipinski definition) is 0. The molecule has 0 saturated carbocycles. The molecule has 2 aromatic rings. The molecule has 0 bridgehead atoms. The van der Waals surface area contributed by atoms with Crippen molar-refractivity contribution in [3.63, 3.8) is 0 Å². The van der Waals surface area contributed by atoms with Crippen molar-refractivity contribution in [1.29, 1.82) is 0 Å². The normalized spacial score (nSPS) is 10.5. The van der Waals surface area contributed by atoms with Crippen LogP contribution < -0.4 is 0 Å². The highest BCUT2D eigenvalue weighted by Crippen LogP contribution is 2.19. The van der Waals surface area contributed by atoms with Gasteiger partial charge >= 0.3 is 0 Å². The lowest BCUT2D eigenvalue weighted by atomic mass is 10.1. The second-order valence-corrected chi connectivity index (χ2v) is 5.16. The van der Waals surface area contributed by atoms with Crippen molar-refractivity contribution in [2.45, 2.75) is 19.9 Å². The van der Waals surface area contributed by atoms with Gasteiger partial charge in [0.1, 0.15) is 0 Å². The molecule has 19 heavy (non-hydrogen) atoms. The maximum Gasteiger partial charge on any atom is 0.258 e. The Morgan fingerprint density at radius 3 is 2.37 bits per heavy atom. The first-order valence-corrected chi connectivity index (χ1v) is 6.97. The van der Waals surface area contributed by atoms with Crippen molar-refractivity contribution in [2.75, 3.05) is 7.05 Å². The molecule has 0 unspecified atom stereocenters. The molecule has 0 saturated heterocycles. The molecule has 0 fully saturated rings. The maximum absolute atomic E-state index is 12.2. The third-order valence-corrected chi connectivity index (χ3v) is 3.66. The molecule has 1 aromatic carbocycles. The van der Waals surface area contributed by atoms with Crippen LogP contribution >= 0.6 is 15.9 Å². The lowest BCUT2D eigenvalue weighted by Gasteiger charge is -2.16. The van der Waals surface area contributed by atoms with E-state index in [1.54, 1.807) is 18.0 Å². The van der Waals surface area contributed by atoms with Crippen LogP contribution in [0.1, 0.15) is 28.4 Å². The van der Waals surface area contributed by atoms with Gasteiger partial charge in [0.05, 0.1) is 11.8 Å². The summed E-state index contributed by atoms with van der Waals surface area (Å²) < 4.78 is 5.56. The topological polar surface area (TPSA) is 33.5 Å². The van der Waals surface area contributed by atoms with Crippen LogP contribution in [0.15, 0.2) is 45.7 Å². The average molecular weight is 322 g/mol. The lowest BCUT2D eigenvalue weighted by molar-refractivity contribution is 0.0783. The number of furan rings is 1. The van der Waals surface area contributed by atoms with E-state index >= 15 is 0 Å². The third kappa shape index (κ3) is 3.26. The average Bonchev–Trinajstić information content (AvgIpc) is 2.85. The van der Waals surface area contributed by atoms with E-state index in [-0.39, 0.29) is 5.91 Å². The number of carbonyl (C=O) groups excluding carboxylic acids is 1. The quantitative estimate of drug-likeness (QED) is 0.856. The molecule has 0 aliphatic carbocycles. The number of carbonyl (C=O) groups is 1. The van der Waals surface area contributed by atoms with Gasteiger partial charge in [0.15, 0.2) is 4.67 Å². The van der Waals surface area contributed by atoms with Crippen molar-refractivity contribution in [1.82, 2.24) is 4.90 Å². The number of rotatable bonds is 4. The molecular formula is C15H16BrNO2. The number of halogens is 1.